The van der Waals surface area contributed by atoms with Gasteiger partial charge in [-0.25, -0.2) is 0 Å². The number of likely N-dealkylation sites (N-methyl/N-ethyl adjacent to an activating group) is 1. The van der Waals surface area contributed by atoms with Crippen molar-refractivity contribution >= 4 is 17.7 Å². The van der Waals surface area contributed by atoms with Gasteiger partial charge >= 0.3 is 0 Å². The van der Waals surface area contributed by atoms with Crippen molar-refractivity contribution < 1.29 is 19.1 Å². The maximum absolute atomic E-state index is 11.7. The zero-order valence-corrected chi connectivity index (χ0v) is 9.93. The molecule has 1 rings (SSSR count). The summed E-state index contributed by atoms with van der Waals surface area (Å²) in [5, 5.41) is 2.52. The van der Waals surface area contributed by atoms with Gasteiger partial charge in [-0.05, 0) is 6.42 Å². The minimum Gasteiger partial charge on any atom is -0.383 e. The third-order valence-electron chi connectivity index (χ3n) is 2.65. The molecule has 1 saturated heterocycles. The lowest BCUT2D eigenvalue weighted by Crippen LogP contribution is -2.56. The van der Waals surface area contributed by atoms with Crippen LogP contribution in [0.2, 0.25) is 0 Å². The lowest BCUT2D eigenvalue weighted by atomic mass is 10.0. The quantitative estimate of drug-likeness (QED) is 0.569. The Morgan fingerprint density at radius 2 is 2.29 bits per heavy atom. The van der Waals surface area contributed by atoms with Gasteiger partial charge in [-0.1, -0.05) is 0 Å². The van der Waals surface area contributed by atoms with Gasteiger partial charge in [-0.3, -0.25) is 19.3 Å². The van der Waals surface area contributed by atoms with Crippen LogP contribution < -0.4 is 11.1 Å². The fourth-order valence-electron chi connectivity index (χ4n) is 1.58. The Kier molecular flexibility index (Phi) is 4.59. The topological polar surface area (TPSA) is 102 Å². The van der Waals surface area contributed by atoms with E-state index in [0.29, 0.717) is 6.42 Å². The van der Waals surface area contributed by atoms with Crippen molar-refractivity contribution in [3.05, 3.63) is 0 Å². The molecule has 0 saturated carbocycles. The van der Waals surface area contributed by atoms with Crippen LogP contribution in [-0.2, 0) is 19.1 Å². The van der Waals surface area contributed by atoms with Gasteiger partial charge in [0.1, 0.15) is 12.1 Å². The summed E-state index contributed by atoms with van der Waals surface area (Å²) in [4.78, 5) is 35.5. The number of hydrogen-bond acceptors (Lipinski definition) is 5. The Bertz CT molecular complexity index is 332. The first-order chi connectivity index (χ1) is 7.97. The van der Waals surface area contributed by atoms with Crippen molar-refractivity contribution in [3.8, 4) is 0 Å². The summed E-state index contributed by atoms with van der Waals surface area (Å²) >= 11 is 0. The average molecular weight is 243 g/mol. The fraction of sp³-hybridized carbons (Fsp3) is 0.700. The maximum atomic E-state index is 11.7. The summed E-state index contributed by atoms with van der Waals surface area (Å²) in [6.45, 7) is 0.0848. The van der Waals surface area contributed by atoms with Crippen molar-refractivity contribution in [2.24, 2.45) is 5.73 Å². The highest BCUT2D eigenvalue weighted by atomic mass is 16.5. The molecule has 1 aliphatic rings. The molecule has 0 aromatic carbocycles. The van der Waals surface area contributed by atoms with E-state index < -0.39 is 23.9 Å². The number of methoxy groups -OCH3 is 1. The number of amides is 3. The number of carbonyl (C=O) groups is 3. The van der Waals surface area contributed by atoms with E-state index in [-0.39, 0.29) is 18.9 Å². The minimum absolute atomic E-state index is 0.0848. The molecule has 0 aliphatic carbocycles. The van der Waals surface area contributed by atoms with Gasteiger partial charge in [-0.15, -0.1) is 0 Å². The van der Waals surface area contributed by atoms with Gasteiger partial charge in [0.15, 0.2) is 0 Å². The van der Waals surface area contributed by atoms with Gasteiger partial charge in [0.2, 0.25) is 11.8 Å². The number of ether oxygens (including phenoxy) is 1. The first-order valence-electron chi connectivity index (χ1n) is 5.32. The van der Waals surface area contributed by atoms with Gasteiger partial charge in [0.05, 0.1) is 6.61 Å². The minimum atomic E-state index is -0.810. The zero-order chi connectivity index (χ0) is 13.0. The van der Waals surface area contributed by atoms with Crippen LogP contribution in [0.25, 0.3) is 0 Å². The second-order valence-electron chi connectivity index (χ2n) is 3.95. The van der Waals surface area contributed by atoms with E-state index in [1.165, 1.54) is 14.2 Å². The summed E-state index contributed by atoms with van der Waals surface area (Å²) in [7, 11) is 2.84. The van der Waals surface area contributed by atoms with E-state index in [2.05, 4.69) is 5.32 Å². The van der Waals surface area contributed by atoms with E-state index in [1.54, 1.807) is 0 Å². The number of likely N-dealkylation sites (tertiary alicyclic amines) is 1. The molecule has 0 radical (unpaired) electrons. The molecule has 1 fully saturated rings. The number of nitrogens with two attached hydrogens (primary N) is 1. The van der Waals surface area contributed by atoms with E-state index >= 15 is 0 Å². The third-order valence-corrected chi connectivity index (χ3v) is 2.65. The molecule has 17 heavy (non-hydrogen) atoms. The second kappa shape index (κ2) is 5.74. The molecule has 2 atom stereocenters. The maximum Gasteiger partial charge on any atom is 0.251 e. The van der Waals surface area contributed by atoms with E-state index in [9.17, 15) is 14.4 Å². The van der Waals surface area contributed by atoms with E-state index in [0.717, 1.165) is 4.90 Å². The van der Waals surface area contributed by atoms with E-state index in [1.807, 2.05) is 0 Å². The number of nitrogens with one attached hydrogen (secondary N) is 1. The first-order valence-corrected chi connectivity index (χ1v) is 5.32. The van der Waals surface area contributed by atoms with Gasteiger partial charge in [-0.2, -0.15) is 0 Å². The Balaban J connectivity index is 2.54. The molecule has 2 unspecified atom stereocenters. The van der Waals surface area contributed by atoms with Crippen molar-refractivity contribution in [3.63, 3.8) is 0 Å². The Hall–Kier alpha value is -1.47. The molecular formula is C10H17N3O4. The van der Waals surface area contributed by atoms with Crippen LogP contribution in [0.1, 0.15) is 12.8 Å². The van der Waals surface area contributed by atoms with Crippen molar-refractivity contribution in [1.82, 2.24) is 10.2 Å². The highest BCUT2D eigenvalue weighted by Gasteiger charge is 2.33. The zero-order valence-electron chi connectivity index (χ0n) is 9.93. The number of piperidine rings is 1. The Morgan fingerprint density at radius 3 is 2.88 bits per heavy atom. The molecule has 0 bridgehead atoms. The molecule has 0 spiro atoms. The number of imide groups is 1. The van der Waals surface area contributed by atoms with Gasteiger partial charge < -0.3 is 15.8 Å². The predicted molar refractivity (Wildman–Crippen MR) is 58.8 cm³/mol. The first kappa shape index (κ1) is 13.6. The lowest BCUT2D eigenvalue weighted by molar-refractivity contribution is -0.149. The molecule has 3 N–H and O–H groups in total. The van der Waals surface area contributed by atoms with Crippen molar-refractivity contribution in [2.75, 3.05) is 20.8 Å². The average Bonchev–Trinajstić information content (AvgIpc) is 2.30. The second-order valence-corrected chi connectivity index (χ2v) is 3.95. The van der Waals surface area contributed by atoms with Crippen LogP contribution in [0.15, 0.2) is 0 Å². The molecule has 3 amide bonds. The van der Waals surface area contributed by atoms with Gasteiger partial charge in [0.25, 0.3) is 5.91 Å². The summed E-state index contributed by atoms with van der Waals surface area (Å²) in [6, 6.07) is -1.48. The number of carbonyl (C=O) groups excluding carboxylic acids is 3. The highest BCUT2D eigenvalue weighted by molar-refractivity contribution is 6.01. The Labute approximate surface area is 99.3 Å². The van der Waals surface area contributed by atoms with Crippen molar-refractivity contribution in [1.29, 1.82) is 0 Å². The van der Waals surface area contributed by atoms with Crippen LogP contribution in [0.3, 0.4) is 0 Å². The number of nitrogens with zero attached hydrogens (tertiary/aromatic N) is 1. The molecule has 1 heterocycles. The standard InChI is InChI=1S/C10H17N3O4/c1-13-8(14)4-3-7(10(13)16)12-9(15)6(11)5-17-2/h6-7H,3-5,11H2,1-2H3,(H,12,15). The smallest absolute Gasteiger partial charge is 0.251 e. The van der Waals surface area contributed by atoms with Crippen LogP contribution >= 0.6 is 0 Å². The lowest BCUT2D eigenvalue weighted by Gasteiger charge is -2.28. The van der Waals surface area contributed by atoms with Gasteiger partial charge in [0, 0.05) is 20.6 Å². The predicted octanol–water partition coefficient (Wildman–Crippen LogP) is -1.78. The molecule has 7 nitrogen and oxygen atoms in total. The number of hydrogen-bond donors (Lipinski definition) is 2. The molecule has 0 aromatic heterocycles. The van der Waals surface area contributed by atoms with Crippen LogP contribution in [-0.4, -0.2) is 55.5 Å². The Morgan fingerprint density at radius 1 is 1.65 bits per heavy atom. The summed E-state index contributed by atoms with van der Waals surface area (Å²) in [6.07, 6.45) is 0.556. The normalized spacial score (nSPS) is 22.5. The van der Waals surface area contributed by atoms with Crippen LogP contribution in [0, 0.1) is 0 Å². The molecule has 7 heteroatoms. The van der Waals surface area contributed by atoms with E-state index in [4.69, 9.17) is 10.5 Å². The molecular weight excluding hydrogens is 226 g/mol. The molecule has 0 aromatic rings. The van der Waals surface area contributed by atoms with Crippen molar-refractivity contribution in [2.45, 2.75) is 24.9 Å². The molecule has 96 valence electrons. The molecule has 1 aliphatic heterocycles. The summed E-state index contributed by atoms with van der Waals surface area (Å²) in [5.41, 5.74) is 5.52. The summed E-state index contributed by atoms with van der Waals surface area (Å²) in [5.74, 6) is -1.09. The monoisotopic (exact) mass is 243 g/mol. The number of rotatable bonds is 4. The van der Waals surface area contributed by atoms with Crippen LogP contribution in [0.5, 0.6) is 0 Å². The third kappa shape index (κ3) is 3.24. The SMILES string of the molecule is COCC(N)C(=O)NC1CCC(=O)N(C)C1=O. The fourth-order valence-corrected chi connectivity index (χ4v) is 1.58. The summed E-state index contributed by atoms with van der Waals surface area (Å²) < 4.78 is 4.74. The largest absolute Gasteiger partial charge is 0.383 e. The highest BCUT2D eigenvalue weighted by Crippen LogP contribution is 2.11. The van der Waals surface area contributed by atoms with Crippen LogP contribution in [0.4, 0.5) is 0 Å².